The molecule has 0 bridgehead atoms. The lowest BCUT2D eigenvalue weighted by Crippen LogP contribution is -1.98. The van der Waals surface area contributed by atoms with E-state index in [1.807, 2.05) is 0 Å². The monoisotopic (exact) mass is 761 g/mol. The molecule has 12 aromatic rings. The second-order valence-corrected chi connectivity index (χ2v) is 12.3. The molecule has 3 heteroatoms. The van der Waals surface area contributed by atoms with E-state index in [-0.39, 0.29) is 0 Å². The van der Waals surface area contributed by atoms with Crippen molar-refractivity contribution in [3.8, 4) is 39.3 Å². The van der Waals surface area contributed by atoms with Gasteiger partial charge in [0, 0.05) is 49.3 Å². The molecular weight excluding hydrogens is 691 g/mol. The number of para-hydroxylation sites is 5. The Kier molecular flexibility index (Phi) is 2.78. The molecule has 0 spiro atoms. The summed E-state index contributed by atoms with van der Waals surface area (Å²) in [4.78, 5) is 0. The quantitative estimate of drug-likeness (QED) is 0.166. The third kappa shape index (κ3) is 4.79. The van der Waals surface area contributed by atoms with Gasteiger partial charge in [0.15, 0.2) is 0 Å². The normalized spacial score (nSPS) is 20.5. The van der Waals surface area contributed by atoms with Gasteiger partial charge in [-0.3, -0.25) is 0 Å². The van der Waals surface area contributed by atoms with Gasteiger partial charge >= 0.3 is 0 Å². The van der Waals surface area contributed by atoms with Gasteiger partial charge in [0.2, 0.25) is 0 Å². The van der Waals surface area contributed by atoms with E-state index in [0.29, 0.717) is 13.7 Å². The smallest absolute Gasteiger partial charge is 0.0652 e. The van der Waals surface area contributed by atoms with Crippen LogP contribution in [0.1, 0.15) is 48.0 Å². The molecule has 3 nitrogen and oxygen atoms in total. The predicted octanol–water partition coefficient (Wildman–Crippen LogP) is 14.3. The fraction of sp³-hybridized carbons (Fsp3) is 0. The summed E-state index contributed by atoms with van der Waals surface area (Å²) in [5.74, 6) is 0. The number of aromatic nitrogens is 3. The highest BCUT2D eigenvalue weighted by Gasteiger charge is 2.19. The van der Waals surface area contributed by atoms with Gasteiger partial charge < -0.3 is 13.7 Å². The molecule has 3 heterocycles. The van der Waals surface area contributed by atoms with E-state index in [1.54, 1.807) is 0 Å². The van der Waals surface area contributed by atoms with Crippen LogP contribution in [-0.4, -0.2) is 13.7 Å². The number of rotatable bonds is 5. The first kappa shape index (κ1) is 12.7. The van der Waals surface area contributed by atoms with Gasteiger partial charge in [-0.2, -0.15) is 0 Å². The molecule has 0 saturated carbocycles. The molecule has 0 unspecified atom stereocenters. The van der Waals surface area contributed by atoms with Gasteiger partial charge in [-0.25, -0.2) is 0 Å². The Hall–Kier alpha value is -7.62. The zero-order chi connectivity index (χ0) is 67.9. The summed E-state index contributed by atoms with van der Waals surface area (Å²) in [6.45, 7) is 0. The minimum Gasteiger partial charge on any atom is -0.309 e. The maximum atomic E-state index is 10.3. The molecule has 0 amide bonds. The van der Waals surface area contributed by atoms with Crippen LogP contribution in [0.2, 0.25) is 0 Å². The molecule has 0 fully saturated rings. The third-order valence-corrected chi connectivity index (χ3v) is 9.29. The molecule has 3 aromatic heterocycles. The Labute approximate surface area is 378 Å². The van der Waals surface area contributed by atoms with Gasteiger partial charge in [-0.05, 0) is 83.2 Å². The molecule has 0 atom stereocenters. The molecule has 0 N–H and O–H groups in total. The molecule has 0 saturated heterocycles. The average Bonchev–Trinajstić information content (AvgIpc) is 1.63. The zero-order valence-electron chi connectivity index (χ0n) is 63.3. The standard InChI is InChI=1S/C54H35N3/c1-2-14-36(15-3-1)37-26-29-39(30-27-37)55-50-23-11-8-20-45(50)47-35-40(31-33-53(47)55)56-49-22-10-5-19-44(49)46-32-28-38(34-54(46)56)41-16-4-9-21-48(41)57-51-24-12-6-17-42(51)43-18-7-13-25-52(43)57/h1-35H/i1D,2D,3D,4D,5D,6D,7D,8D,9D,10D,11D,12D,13D,14D,15D,16D,17D,18D,19D,20D,21D,22D,23D,24D,25D,26D,27D,28D,29D,30D,31D,32D,33D,34D,35D. The van der Waals surface area contributed by atoms with Crippen molar-refractivity contribution < 1.29 is 48.0 Å². The molecule has 57 heavy (non-hydrogen) atoms. The Morgan fingerprint density at radius 1 is 0.263 bits per heavy atom. The number of hydrogen-bond donors (Lipinski definition) is 0. The fourth-order valence-corrected chi connectivity index (χ4v) is 6.92. The zero-order valence-corrected chi connectivity index (χ0v) is 28.3. The topological polar surface area (TPSA) is 14.8 Å². The van der Waals surface area contributed by atoms with Crippen molar-refractivity contribution >= 4 is 65.4 Å². The SMILES string of the molecule is [2H]c1c([2H])c([2H])c(-c2c([2H])c([2H])c(-n3c4c([2H])c([2H])c([2H])c([2H])c4c4c([2H])c(-n5c6c([2H])c([2H])c([2H])c([2H])c6c6c([2H])c([2H])c(-c7c([2H])c([2H])c([2H])c([2H])c7-n7c8c([2H])c([2H])c([2H])c([2H])c8c8c([2H])c([2H])c([2H])c([2H])c87)c([2H])c65)c([2H])c([2H])c43)c([2H])c2[2H])c([2H])c1[2H]. The second kappa shape index (κ2) is 12.5. The minimum absolute atomic E-state index is 0.573. The molecule has 9 aromatic carbocycles. The lowest BCUT2D eigenvalue weighted by molar-refractivity contribution is 1.16. The lowest BCUT2D eigenvalue weighted by Gasteiger charge is -2.15. The van der Waals surface area contributed by atoms with E-state index >= 15 is 0 Å². The summed E-state index contributed by atoms with van der Waals surface area (Å²) < 4.78 is 322. The van der Waals surface area contributed by atoms with Crippen LogP contribution in [0, 0.1) is 0 Å². The summed E-state index contributed by atoms with van der Waals surface area (Å²) in [6.07, 6.45) is 0. The van der Waals surface area contributed by atoms with Gasteiger partial charge in [-0.15, -0.1) is 0 Å². The summed E-state index contributed by atoms with van der Waals surface area (Å²) in [5.41, 5.74) is -11.0. The van der Waals surface area contributed by atoms with Crippen LogP contribution >= 0.6 is 0 Å². The Balaban J connectivity index is 1.30. The van der Waals surface area contributed by atoms with Crippen molar-refractivity contribution in [1.82, 2.24) is 13.7 Å². The van der Waals surface area contributed by atoms with Crippen LogP contribution in [0.3, 0.4) is 0 Å². The molecule has 0 aliphatic heterocycles. The molecule has 0 aliphatic rings. The lowest BCUT2D eigenvalue weighted by atomic mass is 10.0. The van der Waals surface area contributed by atoms with Crippen LogP contribution in [0.15, 0.2) is 211 Å². The first-order valence-electron chi connectivity index (χ1n) is 34.3. The van der Waals surface area contributed by atoms with Gasteiger partial charge in [0.1, 0.15) is 0 Å². The van der Waals surface area contributed by atoms with Crippen molar-refractivity contribution in [2.75, 3.05) is 0 Å². The van der Waals surface area contributed by atoms with Crippen molar-refractivity contribution in [1.29, 1.82) is 0 Å². The number of nitrogens with zero attached hydrogens (tertiary/aromatic N) is 3. The van der Waals surface area contributed by atoms with Crippen molar-refractivity contribution in [3.05, 3.63) is 211 Å². The Bertz CT molecular complexity index is 5450. The Morgan fingerprint density at radius 2 is 0.702 bits per heavy atom. The minimum atomic E-state index is -1.20. The first-order chi connectivity index (χ1) is 42.9. The number of benzene rings is 9. The highest BCUT2D eigenvalue weighted by molar-refractivity contribution is 6.13. The predicted molar refractivity (Wildman–Crippen MR) is 240 cm³/mol. The largest absolute Gasteiger partial charge is 0.309 e. The van der Waals surface area contributed by atoms with Crippen LogP contribution in [-0.2, 0) is 0 Å². The highest BCUT2D eigenvalue weighted by atomic mass is 15.0. The van der Waals surface area contributed by atoms with Crippen molar-refractivity contribution in [3.63, 3.8) is 0 Å². The van der Waals surface area contributed by atoms with E-state index in [2.05, 4.69) is 0 Å². The molecule has 12 rings (SSSR count). The summed E-state index contributed by atoms with van der Waals surface area (Å²) in [7, 11) is 0. The number of fused-ring (bicyclic) bond motifs is 9. The maximum Gasteiger partial charge on any atom is 0.0652 e. The van der Waals surface area contributed by atoms with Gasteiger partial charge in [0.25, 0.3) is 0 Å². The third-order valence-electron chi connectivity index (χ3n) is 9.29. The van der Waals surface area contributed by atoms with Gasteiger partial charge in [0.05, 0.1) is 86.8 Å². The van der Waals surface area contributed by atoms with Crippen molar-refractivity contribution in [2.24, 2.45) is 0 Å². The molecular formula is C54H35N3. The average molecular weight is 761 g/mol. The molecule has 266 valence electrons. The highest BCUT2D eigenvalue weighted by Crippen LogP contribution is 2.41. The first-order valence-corrected chi connectivity index (χ1v) is 16.8. The van der Waals surface area contributed by atoms with Crippen molar-refractivity contribution in [2.45, 2.75) is 0 Å². The van der Waals surface area contributed by atoms with E-state index in [1.165, 1.54) is 0 Å². The molecule has 0 radical (unpaired) electrons. The second-order valence-electron chi connectivity index (χ2n) is 12.3. The van der Waals surface area contributed by atoms with E-state index in [9.17, 15) is 24.7 Å². The van der Waals surface area contributed by atoms with Crippen LogP contribution in [0.5, 0.6) is 0 Å². The fourth-order valence-electron chi connectivity index (χ4n) is 6.92. The van der Waals surface area contributed by atoms with E-state index < -0.39 is 316 Å². The van der Waals surface area contributed by atoms with Crippen LogP contribution in [0.25, 0.3) is 105 Å². The van der Waals surface area contributed by atoms with Crippen LogP contribution < -0.4 is 0 Å². The summed E-state index contributed by atoms with van der Waals surface area (Å²) >= 11 is 0. The molecule has 0 aliphatic carbocycles. The Morgan fingerprint density at radius 3 is 1.35 bits per heavy atom. The van der Waals surface area contributed by atoms with E-state index in [0.717, 1.165) is 0 Å². The van der Waals surface area contributed by atoms with Gasteiger partial charge in [-0.1, -0.05) is 145 Å². The maximum absolute atomic E-state index is 10.3. The summed E-state index contributed by atoms with van der Waals surface area (Å²) in [6, 6.07) is -35.6. The van der Waals surface area contributed by atoms with E-state index in [4.69, 9.17) is 23.3 Å². The number of hydrogen-bond acceptors (Lipinski definition) is 0. The van der Waals surface area contributed by atoms with Crippen LogP contribution in [0.4, 0.5) is 0 Å². The summed E-state index contributed by atoms with van der Waals surface area (Å²) in [5, 5.41) is -4.04.